The SMILES string of the molecule is COc1ccc2c(c1OCCO)OC1c3c(cc4c5c3C(n3cc6cc[nH]c6c3)CCC5CC3(O)C(O4)OC(C(OC(=O)CC(=O)O)C(N)N)C(O)C3O)OC(Cc3ccccc3)C21. The van der Waals surface area contributed by atoms with Crippen molar-refractivity contribution in [3.05, 3.63) is 101 Å². The summed E-state index contributed by atoms with van der Waals surface area (Å²) in [6.45, 7) is -0.228. The number of nitrogens with two attached hydrogens (primary N) is 2. The van der Waals surface area contributed by atoms with Crippen molar-refractivity contribution in [2.45, 2.75) is 105 Å². The van der Waals surface area contributed by atoms with E-state index in [1.807, 2.05) is 60.9 Å². The first kappa shape index (κ1) is 42.1. The van der Waals surface area contributed by atoms with Gasteiger partial charge < -0.3 is 79.7 Å². The van der Waals surface area contributed by atoms with E-state index in [0.29, 0.717) is 48.0 Å². The van der Waals surface area contributed by atoms with E-state index < -0.39 is 79.0 Å². The van der Waals surface area contributed by atoms with Crippen LogP contribution in [0.5, 0.6) is 28.7 Å². The van der Waals surface area contributed by atoms with Gasteiger partial charge >= 0.3 is 11.9 Å². The number of aromatic nitrogens is 2. The molecule has 11 atom stereocenters. The van der Waals surface area contributed by atoms with Gasteiger partial charge in [-0.25, -0.2) is 0 Å². The smallest absolute Gasteiger partial charge is 0.317 e. The molecule has 5 aromatic rings. The zero-order valence-corrected chi connectivity index (χ0v) is 34.7. The van der Waals surface area contributed by atoms with Crippen LogP contribution >= 0.6 is 0 Å². The van der Waals surface area contributed by atoms with Gasteiger partial charge in [-0.2, -0.15) is 0 Å². The van der Waals surface area contributed by atoms with E-state index in [9.17, 15) is 35.1 Å². The van der Waals surface area contributed by atoms with Crippen molar-refractivity contribution < 1.29 is 68.3 Å². The summed E-state index contributed by atoms with van der Waals surface area (Å²) in [5.41, 5.74) is 14.9. The first-order valence-corrected chi connectivity index (χ1v) is 21.4. The molecule has 64 heavy (non-hydrogen) atoms. The number of rotatable bonds is 12. The number of carboxylic acids is 1. The lowest BCUT2D eigenvalue weighted by molar-refractivity contribution is -0.330. The monoisotopic (exact) mass is 882 g/mol. The first-order valence-electron chi connectivity index (χ1n) is 21.4. The van der Waals surface area contributed by atoms with Crippen molar-refractivity contribution in [1.29, 1.82) is 0 Å². The number of carboxylic acid groups (broad SMARTS) is 1. The second-order valence-electron chi connectivity index (χ2n) is 17.2. The number of nitrogens with one attached hydrogen (secondary N) is 1. The van der Waals surface area contributed by atoms with Gasteiger partial charge in [0.25, 0.3) is 0 Å². The first-order chi connectivity index (χ1) is 30.9. The number of ether oxygens (including phenoxy) is 7. The quantitative estimate of drug-likeness (QED) is 0.0508. The van der Waals surface area contributed by atoms with E-state index in [0.717, 1.165) is 38.7 Å². The van der Waals surface area contributed by atoms with Crippen molar-refractivity contribution >= 4 is 22.8 Å². The lowest BCUT2D eigenvalue weighted by Crippen LogP contribution is -2.71. The highest BCUT2D eigenvalue weighted by atomic mass is 16.7. The molecule has 338 valence electrons. The number of carbonyl (C=O) groups is 2. The minimum atomic E-state index is -2.23. The van der Waals surface area contributed by atoms with Crippen LogP contribution in [0.2, 0.25) is 0 Å². The summed E-state index contributed by atoms with van der Waals surface area (Å²) in [5.74, 6) is -1.46. The van der Waals surface area contributed by atoms with Gasteiger partial charge in [0, 0.05) is 53.2 Å². The Labute approximate surface area is 366 Å². The maximum Gasteiger partial charge on any atom is 0.317 e. The highest BCUT2D eigenvalue weighted by Crippen LogP contribution is 2.63. The lowest BCUT2D eigenvalue weighted by Gasteiger charge is -2.49. The Morgan fingerprint density at radius 2 is 1.80 bits per heavy atom. The van der Waals surface area contributed by atoms with E-state index in [1.54, 1.807) is 13.2 Å². The molecule has 0 spiro atoms. The van der Waals surface area contributed by atoms with Gasteiger partial charge in [0.2, 0.25) is 12.0 Å². The lowest BCUT2D eigenvalue weighted by atomic mass is 9.69. The van der Waals surface area contributed by atoms with Crippen LogP contribution in [0.1, 0.15) is 77.5 Å². The number of aliphatic carboxylic acids is 1. The molecule has 1 fully saturated rings. The fraction of sp³-hybridized carbons (Fsp3) is 0.435. The van der Waals surface area contributed by atoms with Gasteiger partial charge in [0.15, 0.2) is 23.2 Å². The maximum absolute atomic E-state index is 12.6. The molecule has 1 saturated heterocycles. The van der Waals surface area contributed by atoms with E-state index in [1.165, 1.54) is 0 Å². The molecule has 5 aliphatic rings. The molecule has 0 bridgehead atoms. The molecular formula is C46H50N4O14. The summed E-state index contributed by atoms with van der Waals surface area (Å²) in [6, 6.07) is 17.2. The van der Waals surface area contributed by atoms with E-state index >= 15 is 0 Å². The molecule has 0 radical (unpaired) electrons. The minimum Gasteiger partial charge on any atom is -0.493 e. The highest BCUT2D eigenvalue weighted by Gasteiger charge is 2.62. The number of methoxy groups -OCH3 is 1. The highest BCUT2D eigenvalue weighted by molar-refractivity contribution is 5.90. The van der Waals surface area contributed by atoms with Crippen LogP contribution in [-0.2, 0) is 25.5 Å². The Bertz CT molecular complexity index is 2550. The third-order valence-electron chi connectivity index (χ3n) is 13.4. The number of esters is 1. The van der Waals surface area contributed by atoms with Gasteiger partial charge in [-0.15, -0.1) is 0 Å². The Hall–Kier alpha value is -5.86. The number of H-pyrrole nitrogens is 1. The number of benzene rings is 3. The largest absolute Gasteiger partial charge is 0.493 e. The predicted molar refractivity (Wildman–Crippen MR) is 224 cm³/mol. The third-order valence-corrected chi connectivity index (χ3v) is 13.4. The summed E-state index contributed by atoms with van der Waals surface area (Å²) >= 11 is 0. The summed E-state index contributed by atoms with van der Waals surface area (Å²) < 4.78 is 46.6. The molecule has 3 aromatic carbocycles. The van der Waals surface area contributed by atoms with Crippen LogP contribution in [0.4, 0.5) is 0 Å². The number of carbonyl (C=O) groups excluding carboxylic acids is 1. The maximum atomic E-state index is 12.6. The van der Waals surface area contributed by atoms with Crippen molar-refractivity contribution in [3.8, 4) is 28.7 Å². The molecular weight excluding hydrogens is 833 g/mol. The number of fused-ring (bicyclic) bond motifs is 8. The van der Waals surface area contributed by atoms with Crippen LogP contribution in [0.25, 0.3) is 10.9 Å². The Morgan fingerprint density at radius 3 is 2.53 bits per heavy atom. The molecule has 4 aliphatic heterocycles. The number of aromatic amines is 1. The van der Waals surface area contributed by atoms with Gasteiger partial charge in [-0.3, -0.25) is 9.59 Å². The van der Waals surface area contributed by atoms with E-state index in [-0.39, 0.29) is 31.6 Å². The molecule has 11 unspecified atom stereocenters. The zero-order chi connectivity index (χ0) is 44.6. The Kier molecular flexibility index (Phi) is 10.7. The van der Waals surface area contributed by atoms with Gasteiger partial charge in [0.1, 0.15) is 55.0 Å². The normalized spacial score (nSPS) is 29.1. The molecule has 1 aliphatic carbocycles. The standard InChI is InChI=1S/C46H50N4O14/c1-58-27-10-8-24-34-28(15-21-5-3-2-4-6-21)60-30-16-29-33-22(18-46(57)43(56)37(55)41(64-45(46)61-29)42(44(47)48)62-32(54)17-31(52)53)7-9-26(50-19-23-11-12-49-25(23)20-50)35(33)36(30)40(34)63-38(24)39(27)59-14-13-51/h2-6,8,10-12,16,19-20,22,26,28,34,37,40-45,49,51,55-57H,7,9,13-15,17-18,47-48H2,1H3,(H,52,53). The molecule has 10 rings (SSSR count). The van der Waals surface area contributed by atoms with Crippen molar-refractivity contribution in [3.63, 3.8) is 0 Å². The summed E-state index contributed by atoms with van der Waals surface area (Å²) in [5, 5.41) is 56.0. The minimum absolute atomic E-state index is 0.00293. The number of aliphatic hydroxyl groups excluding tert-OH is 3. The fourth-order valence-electron chi connectivity index (χ4n) is 10.7. The average Bonchev–Trinajstić information content (AvgIpc) is 3.98. The number of hydrogen-bond donors (Lipinski definition) is 8. The zero-order valence-electron chi connectivity index (χ0n) is 34.7. The third kappa shape index (κ3) is 6.91. The predicted octanol–water partition coefficient (Wildman–Crippen LogP) is 2.63. The van der Waals surface area contributed by atoms with Crippen molar-refractivity contribution in [2.75, 3.05) is 20.3 Å². The second-order valence-corrected chi connectivity index (χ2v) is 17.2. The molecule has 2 aromatic heterocycles. The topological polar surface area (TPSA) is 273 Å². The van der Waals surface area contributed by atoms with Crippen LogP contribution in [0.15, 0.2) is 73.2 Å². The molecule has 18 nitrogen and oxygen atoms in total. The summed E-state index contributed by atoms with van der Waals surface area (Å²) in [7, 11) is 1.54. The van der Waals surface area contributed by atoms with Gasteiger partial charge in [-0.05, 0) is 48.4 Å². The molecule has 0 saturated carbocycles. The second kappa shape index (κ2) is 16.3. The molecule has 18 heteroatoms. The van der Waals surface area contributed by atoms with Crippen LogP contribution in [-0.4, -0.2) is 116 Å². The summed E-state index contributed by atoms with van der Waals surface area (Å²) in [6.07, 6.45) is -4.99. The Balaban J connectivity index is 1.14. The molecule has 0 amide bonds. The van der Waals surface area contributed by atoms with Gasteiger partial charge in [-0.1, -0.05) is 36.4 Å². The summed E-state index contributed by atoms with van der Waals surface area (Å²) in [4.78, 5) is 27.2. The molecule has 6 heterocycles. The molecule has 10 N–H and O–H groups in total. The number of aliphatic hydroxyl groups is 4. The number of nitrogens with zero attached hydrogens (tertiary/aromatic N) is 1. The fourth-order valence-corrected chi connectivity index (χ4v) is 10.7. The number of hydrogen-bond acceptors (Lipinski definition) is 15. The average molecular weight is 883 g/mol. The van der Waals surface area contributed by atoms with E-state index in [2.05, 4.69) is 15.7 Å². The van der Waals surface area contributed by atoms with Gasteiger partial charge in [0.05, 0.1) is 37.4 Å². The van der Waals surface area contributed by atoms with Crippen LogP contribution in [0.3, 0.4) is 0 Å². The van der Waals surface area contributed by atoms with Crippen molar-refractivity contribution in [2.24, 2.45) is 11.5 Å². The van der Waals surface area contributed by atoms with Crippen LogP contribution in [0, 0.1) is 0 Å². The van der Waals surface area contributed by atoms with E-state index in [4.69, 9.17) is 44.6 Å². The van der Waals surface area contributed by atoms with Crippen LogP contribution < -0.4 is 35.2 Å². The van der Waals surface area contributed by atoms with Crippen molar-refractivity contribution in [1.82, 2.24) is 9.55 Å². The Morgan fingerprint density at radius 1 is 1.00 bits per heavy atom.